The van der Waals surface area contributed by atoms with Crippen LogP contribution >= 0.6 is 0 Å². The number of nitrogens with one attached hydrogen (secondary N) is 1. The summed E-state index contributed by atoms with van der Waals surface area (Å²) in [7, 11) is 0. The van der Waals surface area contributed by atoms with Crippen molar-refractivity contribution < 1.29 is 14.0 Å². The Bertz CT molecular complexity index is 958. The molecule has 1 unspecified atom stereocenters. The average Bonchev–Trinajstić information content (AvgIpc) is 2.77. The van der Waals surface area contributed by atoms with Crippen molar-refractivity contribution in [3.05, 3.63) is 95.6 Å². The number of benzene rings is 3. The van der Waals surface area contributed by atoms with E-state index in [-0.39, 0.29) is 10.8 Å². The molecule has 0 heterocycles. The quantitative estimate of drug-likeness (QED) is 0.394. The molecule has 32 heavy (non-hydrogen) atoms. The highest BCUT2D eigenvalue weighted by molar-refractivity contribution is 7.90. The van der Waals surface area contributed by atoms with E-state index in [4.69, 9.17) is 9.47 Å². The van der Waals surface area contributed by atoms with Crippen LogP contribution in [0.4, 0.5) is 0 Å². The lowest BCUT2D eigenvalue weighted by Gasteiger charge is -2.26. The molecule has 0 fully saturated rings. The topological polar surface area (TPSA) is 53.5 Å². The van der Waals surface area contributed by atoms with Gasteiger partial charge in [0.2, 0.25) is 0 Å². The van der Waals surface area contributed by atoms with E-state index in [1.54, 1.807) is 0 Å². The van der Waals surface area contributed by atoms with E-state index < -0.39 is 11.4 Å². The molecule has 0 radical (unpaired) electrons. The van der Waals surface area contributed by atoms with Gasteiger partial charge in [0.25, 0.3) is 0 Å². The fourth-order valence-electron chi connectivity index (χ4n) is 3.14. The van der Waals surface area contributed by atoms with Crippen molar-refractivity contribution in [3.8, 4) is 11.5 Å². The van der Waals surface area contributed by atoms with Crippen LogP contribution in [0.25, 0.3) is 0 Å². The van der Waals surface area contributed by atoms with Gasteiger partial charge in [-0.1, -0.05) is 66.7 Å². The molecule has 1 N–H and O–H groups in total. The second-order valence-corrected chi connectivity index (χ2v) is 10.9. The van der Waals surface area contributed by atoms with Crippen molar-refractivity contribution in [2.45, 2.75) is 58.1 Å². The minimum Gasteiger partial charge on any atom is -0.598 e. The molecular formula is C27H33NO3S. The molecule has 0 bridgehead atoms. The zero-order valence-electron chi connectivity index (χ0n) is 19.3. The number of rotatable bonds is 10. The summed E-state index contributed by atoms with van der Waals surface area (Å²) in [5.74, 6) is 1.43. The smallest absolute Gasteiger partial charge is 0.161 e. The third-order valence-corrected chi connectivity index (χ3v) is 6.62. The summed E-state index contributed by atoms with van der Waals surface area (Å²) in [4.78, 5) is 0. The highest BCUT2D eigenvalue weighted by Gasteiger charge is 2.28. The van der Waals surface area contributed by atoms with Crippen LogP contribution in [0.1, 0.15) is 44.4 Å². The van der Waals surface area contributed by atoms with Gasteiger partial charge in [-0.25, -0.2) is 0 Å². The van der Waals surface area contributed by atoms with Gasteiger partial charge in [-0.15, -0.1) is 4.72 Å². The first kappa shape index (κ1) is 24.2. The minimum atomic E-state index is -1.11. The standard InChI is InChI=1S/C27H33NO3S/c1-21(28-32(29)27(2,3)4)17-24-15-16-25(30-19-22-11-7-5-8-12-22)26(18-24)31-20-23-13-9-6-10-14-23/h5-16,18,21,28H,17,19-20H2,1-4H3/t21-,32?/m1/s1. The Morgan fingerprint density at radius 3 is 1.84 bits per heavy atom. The first-order valence-corrected chi connectivity index (χ1v) is 12.1. The van der Waals surface area contributed by atoms with Gasteiger partial charge < -0.3 is 14.0 Å². The van der Waals surface area contributed by atoms with Gasteiger partial charge in [0.1, 0.15) is 18.0 Å². The number of hydrogen-bond donors (Lipinski definition) is 1. The van der Waals surface area contributed by atoms with Crippen LogP contribution in [0.3, 0.4) is 0 Å². The van der Waals surface area contributed by atoms with Crippen LogP contribution in [0, 0.1) is 0 Å². The molecule has 2 atom stereocenters. The molecule has 0 saturated carbocycles. The molecule has 0 aromatic heterocycles. The van der Waals surface area contributed by atoms with Gasteiger partial charge in [0.15, 0.2) is 11.5 Å². The van der Waals surface area contributed by atoms with Gasteiger partial charge in [0.05, 0.1) is 6.04 Å². The number of ether oxygens (including phenoxy) is 2. The lowest BCUT2D eigenvalue weighted by molar-refractivity contribution is 0.255. The summed E-state index contributed by atoms with van der Waals surface area (Å²) in [6.45, 7) is 8.90. The molecule has 0 spiro atoms. The van der Waals surface area contributed by atoms with Crippen LogP contribution in [-0.2, 0) is 31.0 Å². The third-order valence-electron chi connectivity index (χ3n) is 4.89. The summed E-state index contributed by atoms with van der Waals surface area (Å²) in [6.07, 6.45) is 0.739. The van der Waals surface area contributed by atoms with Crippen LogP contribution in [-0.4, -0.2) is 15.3 Å². The van der Waals surface area contributed by atoms with Gasteiger partial charge in [-0.2, -0.15) is 0 Å². The van der Waals surface area contributed by atoms with Crippen LogP contribution < -0.4 is 14.2 Å². The SMILES string of the molecule is C[C@H](Cc1ccc(OCc2ccccc2)c(OCc2ccccc2)c1)N[S+]([O-])C(C)(C)C. The Hall–Kier alpha value is -2.47. The Labute approximate surface area is 195 Å². The minimum absolute atomic E-state index is 0.0631. The maximum atomic E-state index is 12.4. The first-order valence-electron chi connectivity index (χ1n) is 11.0. The molecule has 3 rings (SSSR count). The molecule has 3 aromatic carbocycles. The number of hydrogen-bond acceptors (Lipinski definition) is 4. The second kappa shape index (κ2) is 11.4. The van der Waals surface area contributed by atoms with Crippen molar-refractivity contribution in [2.75, 3.05) is 0 Å². The van der Waals surface area contributed by atoms with E-state index in [9.17, 15) is 4.55 Å². The van der Waals surface area contributed by atoms with Crippen molar-refractivity contribution in [1.82, 2.24) is 4.72 Å². The first-order chi connectivity index (χ1) is 15.3. The second-order valence-electron chi connectivity index (χ2n) is 8.93. The Kier molecular flexibility index (Phi) is 8.62. The summed E-state index contributed by atoms with van der Waals surface area (Å²) >= 11 is -1.11. The molecule has 0 aliphatic rings. The monoisotopic (exact) mass is 451 g/mol. The maximum Gasteiger partial charge on any atom is 0.161 e. The van der Waals surface area contributed by atoms with E-state index in [2.05, 4.69) is 4.72 Å². The van der Waals surface area contributed by atoms with E-state index in [1.165, 1.54) is 0 Å². The van der Waals surface area contributed by atoms with E-state index in [0.29, 0.717) is 24.7 Å². The van der Waals surface area contributed by atoms with Gasteiger partial charge >= 0.3 is 0 Å². The van der Waals surface area contributed by atoms with E-state index in [0.717, 1.165) is 23.1 Å². The fraction of sp³-hybridized carbons (Fsp3) is 0.333. The van der Waals surface area contributed by atoms with Crippen molar-refractivity contribution in [2.24, 2.45) is 0 Å². The Morgan fingerprint density at radius 1 is 0.781 bits per heavy atom. The zero-order valence-corrected chi connectivity index (χ0v) is 20.2. The van der Waals surface area contributed by atoms with Crippen LogP contribution in [0.15, 0.2) is 78.9 Å². The molecular weight excluding hydrogens is 418 g/mol. The van der Waals surface area contributed by atoms with Gasteiger partial charge in [0, 0.05) is 11.4 Å². The average molecular weight is 452 g/mol. The summed E-state index contributed by atoms with van der Waals surface area (Å²) in [5.41, 5.74) is 3.31. The molecule has 0 aliphatic carbocycles. The molecule has 0 saturated heterocycles. The third kappa shape index (κ3) is 7.59. The highest BCUT2D eigenvalue weighted by atomic mass is 32.2. The van der Waals surface area contributed by atoms with Gasteiger partial charge in [-0.3, -0.25) is 0 Å². The molecule has 0 aliphatic heterocycles. The predicted molar refractivity (Wildman–Crippen MR) is 132 cm³/mol. The van der Waals surface area contributed by atoms with Crippen molar-refractivity contribution in [3.63, 3.8) is 0 Å². The summed E-state index contributed by atoms with van der Waals surface area (Å²) < 4.78 is 27.6. The molecule has 4 nitrogen and oxygen atoms in total. The fourth-order valence-corrected chi connectivity index (χ4v) is 3.94. The lowest BCUT2D eigenvalue weighted by atomic mass is 10.1. The predicted octanol–water partition coefficient (Wildman–Crippen LogP) is 5.83. The van der Waals surface area contributed by atoms with Gasteiger partial charge in [-0.05, 0) is 62.9 Å². The normalized spacial score (nSPS) is 13.4. The van der Waals surface area contributed by atoms with E-state index in [1.807, 2.05) is 107 Å². The zero-order chi connectivity index (χ0) is 23.0. The Morgan fingerprint density at radius 2 is 1.31 bits per heavy atom. The van der Waals surface area contributed by atoms with Crippen LogP contribution in [0.2, 0.25) is 0 Å². The molecule has 5 heteroatoms. The molecule has 170 valence electrons. The summed E-state index contributed by atoms with van der Waals surface area (Å²) in [6, 6.07) is 26.3. The largest absolute Gasteiger partial charge is 0.598 e. The maximum absolute atomic E-state index is 12.4. The van der Waals surface area contributed by atoms with E-state index >= 15 is 0 Å². The summed E-state index contributed by atoms with van der Waals surface area (Å²) in [5, 5.41) is 0. The Balaban J connectivity index is 1.72. The lowest BCUT2D eigenvalue weighted by Crippen LogP contribution is -2.44. The van der Waals surface area contributed by atoms with Crippen molar-refractivity contribution in [1.29, 1.82) is 0 Å². The molecule has 3 aromatic rings. The highest BCUT2D eigenvalue weighted by Crippen LogP contribution is 2.31. The van der Waals surface area contributed by atoms with Crippen LogP contribution in [0.5, 0.6) is 11.5 Å². The van der Waals surface area contributed by atoms with Crippen molar-refractivity contribution >= 4 is 11.4 Å². The molecule has 0 amide bonds.